The lowest BCUT2D eigenvalue weighted by atomic mass is 10.1. The first-order valence-electron chi connectivity index (χ1n) is 7.28. The molecule has 0 saturated carbocycles. The third kappa shape index (κ3) is 3.39. The van der Waals surface area contributed by atoms with Gasteiger partial charge in [-0.15, -0.1) is 0 Å². The fraction of sp³-hybridized carbons (Fsp3) is 0.375. The van der Waals surface area contributed by atoms with Gasteiger partial charge in [0.25, 0.3) is 0 Å². The van der Waals surface area contributed by atoms with E-state index < -0.39 is 0 Å². The van der Waals surface area contributed by atoms with Crippen molar-refractivity contribution in [2.45, 2.75) is 26.8 Å². The molecule has 1 amide bonds. The number of benzene rings is 1. The molecule has 22 heavy (non-hydrogen) atoms. The van der Waals surface area contributed by atoms with Crippen molar-refractivity contribution in [3.05, 3.63) is 34.6 Å². The van der Waals surface area contributed by atoms with Crippen LogP contribution in [0.1, 0.15) is 20.3 Å². The van der Waals surface area contributed by atoms with Gasteiger partial charge in [-0.1, -0.05) is 0 Å². The number of ether oxygens (including phenoxy) is 2. The lowest BCUT2D eigenvalue weighted by molar-refractivity contribution is -0.118. The Morgan fingerprint density at radius 3 is 2.41 bits per heavy atom. The number of aromatic nitrogens is 1. The molecule has 1 aromatic heterocycles. The van der Waals surface area contributed by atoms with Crippen LogP contribution >= 0.6 is 0 Å². The third-order valence-electron chi connectivity index (χ3n) is 3.24. The van der Waals surface area contributed by atoms with Crippen LogP contribution in [0.3, 0.4) is 0 Å². The Hall–Kier alpha value is -2.50. The van der Waals surface area contributed by atoms with Crippen molar-refractivity contribution in [2.75, 3.05) is 13.2 Å². The van der Waals surface area contributed by atoms with Crippen LogP contribution < -0.4 is 20.6 Å². The molecule has 1 aromatic carbocycles. The second-order valence-electron chi connectivity index (χ2n) is 4.77. The predicted octanol–water partition coefficient (Wildman–Crippen LogP) is 1.67. The number of hydrogen-bond acceptors (Lipinski definition) is 4. The largest absolute Gasteiger partial charge is 0.490 e. The number of rotatable bonds is 7. The van der Waals surface area contributed by atoms with Crippen LogP contribution in [-0.4, -0.2) is 23.7 Å². The molecule has 0 atom stereocenters. The first-order valence-corrected chi connectivity index (χ1v) is 7.28. The van der Waals surface area contributed by atoms with E-state index in [0.717, 1.165) is 0 Å². The SMILES string of the molecule is CCOc1cc2c(=O)ccn(CCC(N)=O)c2cc1OCC. The van der Waals surface area contributed by atoms with Crippen LogP contribution in [0, 0.1) is 0 Å². The zero-order valence-electron chi connectivity index (χ0n) is 12.8. The second-order valence-corrected chi connectivity index (χ2v) is 4.77. The normalized spacial score (nSPS) is 10.6. The molecule has 1 heterocycles. The van der Waals surface area contributed by atoms with Gasteiger partial charge in [0.1, 0.15) is 0 Å². The van der Waals surface area contributed by atoms with E-state index >= 15 is 0 Å². The summed E-state index contributed by atoms with van der Waals surface area (Å²) in [7, 11) is 0. The van der Waals surface area contributed by atoms with Crippen molar-refractivity contribution in [2.24, 2.45) is 5.73 Å². The van der Waals surface area contributed by atoms with E-state index in [-0.39, 0.29) is 17.8 Å². The van der Waals surface area contributed by atoms with E-state index in [1.807, 2.05) is 18.4 Å². The minimum atomic E-state index is -0.386. The van der Waals surface area contributed by atoms with Crippen molar-refractivity contribution in [3.63, 3.8) is 0 Å². The number of carbonyl (C=O) groups is 1. The highest BCUT2D eigenvalue weighted by molar-refractivity contribution is 5.83. The molecule has 6 nitrogen and oxygen atoms in total. The van der Waals surface area contributed by atoms with E-state index in [2.05, 4.69) is 0 Å². The molecule has 0 aliphatic heterocycles. The van der Waals surface area contributed by atoms with Gasteiger partial charge in [-0.25, -0.2) is 0 Å². The first kappa shape index (κ1) is 15.9. The van der Waals surface area contributed by atoms with Gasteiger partial charge in [-0.05, 0) is 19.9 Å². The number of pyridine rings is 1. The summed E-state index contributed by atoms with van der Waals surface area (Å²) in [6.45, 7) is 5.13. The molecule has 0 radical (unpaired) electrons. The highest BCUT2D eigenvalue weighted by Crippen LogP contribution is 2.31. The van der Waals surface area contributed by atoms with Crippen molar-refractivity contribution < 1.29 is 14.3 Å². The maximum Gasteiger partial charge on any atom is 0.219 e. The van der Waals surface area contributed by atoms with Crippen LogP contribution in [0.25, 0.3) is 10.9 Å². The topological polar surface area (TPSA) is 83.5 Å². The number of amides is 1. The molecule has 0 bridgehead atoms. The number of hydrogen-bond donors (Lipinski definition) is 1. The summed E-state index contributed by atoms with van der Waals surface area (Å²) >= 11 is 0. The second kappa shape index (κ2) is 6.98. The van der Waals surface area contributed by atoms with Gasteiger partial charge in [0.15, 0.2) is 16.9 Å². The fourth-order valence-electron chi connectivity index (χ4n) is 2.27. The van der Waals surface area contributed by atoms with Gasteiger partial charge < -0.3 is 19.8 Å². The van der Waals surface area contributed by atoms with E-state index in [0.29, 0.717) is 42.2 Å². The summed E-state index contributed by atoms with van der Waals surface area (Å²) in [5, 5.41) is 0.527. The molecule has 0 unspecified atom stereocenters. The zero-order chi connectivity index (χ0) is 16.1. The van der Waals surface area contributed by atoms with Gasteiger partial charge in [0.05, 0.1) is 18.7 Å². The van der Waals surface area contributed by atoms with E-state index in [9.17, 15) is 9.59 Å². The molecule has 0 fully saturated rings. The van der Waals surface area contributed by atoms with Crippen molar-refractivity contribution in [1.82, 2.24) is 4.57 Å². The molecule has 0 saturated heterocycles. The maximum absolute atomic E-state index is 12.1. The Morgan fingerprint density at radius 2 is 1.82 bits per heavy atom. The Bertz CT molecular complexity index is 737. The number of carbonyl (C=O) groups excluding carboxylic acids is 1. The Balaban J connectivity index is 2.59. The average Bonchev–Trinajstić information content (AvgIpc) is 2.48. The summed E-state index contributed by atoms with van der Waals surface area (Å²) in [4.78, 5) is 23.1. The number of aryl methyl sites for hydroxylation is 1. The molecule has 6 heteroatoms. The van der Waals surface area contributed by atoms with Crippen LogP contribution in [-0.2, 0) is 11.3 Å². The molecular weight excluding hydrogens is 284 g/mol. The molecule has 118 valence electrons. The molecule has 0 aliphatic carbocycles. The zero-order valence-corrected chi connectivity index (χ0v) is 12.8. The molecule has 2 rings (SSSR count). The number of nitrogens with zero attached hydrogens (tertiary/aromatic N) is 1. The minimum absolute atomic E-state index is 0.102. The number of fused-ring (bicyclic) bond motifs is 1. The monoisotopic (exact) mass is 304 g/mol. The van der Waals surface area contributed by atoms with E-state index in [4.69, 9.17) is 15.2 Å². The summed E-state index contributed by atoms with van der Waals surface area (Å²) in [5.74, 6) is 0.736. The summed E-state index contributed by atoms with van der Waals surface area (Å²) in [6.07, 6.45) is 1.86. The van der Waals surface area contributed by atoms with Gasteiger partial charge in [-0.2, -0.15) is 0 Å². The Morgan fingerprint density at radius 1 is 1.18 bits per heavy atom. The van der Waals surface area contributed by atoms with Crippen LogP contribution in [0.4, 0.5) is 0 Å². The molecule has 2 aromatic rings. The molecule has 2 N–H and O–H groups in total. The predicted molar refractivity (Wildman–Crippen MR) is 84.4 cm³/mol. The first-order chi connectivity index (χ1) is 10.6. The van der Waals surface area contributed by atoms with Crippen LogP contribution in [0.15, 0.2) is 29.2 Å². The minimum Gasteiger partial charge on any atom is -0.490 e. The Kier molecular flexibility index (Phi) is 5.04. The van der Waals surface area contributed by atoms with Crippen molar-refractivity contribution in [3.8, 4) is 11.5 Å². The summed E-state index contributed by atoms with van der Waals surface area (Å²) in [6, 6.07) is 4.93. The third-order valence-corrected chi connectivity index (χ3v) is 3.24. The van der Waals surface area contributed by atoms with E-state index in [1.54, 1.807) is 18.3 Å². The standard InChI is InChI=1S/C16H20N2O4/c1-3-21-14-9-11-12(10-15(14)22-4-2)18(7-5-13(11)19)8-6-16(17)20/h5,7,9-10H,3-4,6,8H2,1-2H3,(H2,17,20). The highest BCUT2D eigenvalue weighted by atomic mass is 16.5. The van der Waals surface area contributed by atoms with Gasteiger partial charge in [-0.3, -0.25) is 9.59 Å². The maximum atomic E-state index is 12.1. The number of primary amides is 1. The van der Waals surface area contributed by atoms with E-state index in [1.165, 1.54) is 6.07 Å². The average molecular weight is 304 g/mol. The van der Waals surface area contributed by atoms with Gasteiger partial charge in [0, 0.05) is 36.7 Å². The van der Waals surface area contributed by atoms with Gasteiger partial charge in [0.2, 0.25) is 5.91 Å². The highest BCUT2D eigenvalue weighted by Gasteiger charge is 2.12. The molecule has 0 aliphatic rings. The number of nitrogens with two attached hydrogens (primary N) is 1. The summed E-state index contributed by atoms with van der Waals surface area (Å²) < 4.78 is 12.9. The van der Waals surface area contributed by atoms with Crippen molar-refractivity contribution in [1.29, 1.82) is 0 Å². The lowest BCUT2D eigenvalue weighted by Gasteiger charge is -2.15. The van der Waals surface area contributed by atoms with Gasteiger partial charge >= 0.3 is 0 Å². The molecular formula is C16H20N2O4. The fourth-order valence-corrected chi connectivity index (χ4v) is 2.27. The van der Waals surface area contributed by atoms with Crippen LogP contribution in [0.5, 0.6) is 11.5 Å². The Labute approximate surface area is 128 Å². The van der Waals surface area contributed by atoms with Crippen molar-refractivity contribution >= 4 is 16.8 Å². The lowest BCUT2D eigenvalue weighted by Crippen LogP contribution is -2.16. The van der Waals surface area contributed by atoms with Crippen LogP contribution in [0.2, 0.25) is 0 Å². The quantitative estimate of drug-likeness (QED) is 0.843. The summed E-state index contributed by atoms with van der Waals surface area (Å²) in [5.41, 5.74) is 5.79. The smallest absolute Gasteiger partial charge is 0.219 e. The molecule has 0 spiro atoms.